The molecule has 0 saturated heterocycles. The first-order valence-electron chi connectivity index (χ1n) is 9.93. The molecule has 31 heavy (non-hydrogen) atoms. The lowest BCUT2D eigenvalue weighted by Gasteiger charge is -2.10. The van der Waals surface area contributed by atoms with E-state index in [2.05, 4.69) is 41.5 Å². The number of hydrogen-bond donors (Lipinski definition) is 2. The SMILES string of the molecule is COc1ccc2c(Sc3ccc(C)cc3)c(C(=O)NCc3ccccc3OC)[nH]c2c1. The molecule has 0 atom stereocenters. The predicted molar refractivity (Wildman–Crippen MR) is 124 cm³/mol. The molecule has 1 aromatic heterocycles. The molecule has 4 rings (SSSR count). The van der Waals surface area contributed by atoms with Gasteiger partial charge < -0.3 is 19.8 Å². The van der Waals surface area contributed by atoms with E-state index in [0.717, 1.165) is 37.8 Å². The van der Waals surface area contributed by atoms with E-state index in [9.17, 15) is 4.79 Å². The average Bonchev–Trinajstić information content (AvgIpc) is 3.16. The van der Waals surface area contributed by atoms with Crippen LogP contribution in [0, 0.1) is 6.92 Å². The topological polar surface area (TPSA) is 63.4 Å². The van der Waals surface area contributed by atoms with Gasteiger partial charge in [0.15, 0.2) is 0 Å². The Morgan fingerprint density at radius 1 is 1.00 bits per heavy atom. The fraction of sp³-hybridized carbons (Fsp3) is 0.160. The molecule has 0 aliphatic carbocycles. The van der Waals surface area contributed by atoms with Crippen molar-refractivity contribution < 1.29 is 14.3 Å². The van der Waals surface area contributed by atoms with Crippen molar-refractivity contribution in [3.8, 4) is 11.5 Å². The Labute approximate surface area is 185 Å². The Morgan fingerprint density at radius 3 is 2.52 bits per heavy atom. The van der Waals surface area contributed by atoms with Gasteiger partial charge in [0.05, 0.1) is 24.6 Å². The predicted octanol–water partition coefficient (Wildman–Crippen LogP) is 5.57. The number of aromatic amines is 1. The third kappa shape index (κ3) is 4.54. The van der Waals surface area contributed by atoms with Crippen LogP contribution in [0.1, 0.15) is 21.6 Å². The second kappa shape index (κ2) is 9.18. The molecule has 0 spiro atoms. The smallest absolute Gasteiger partial charge is 0.269 e. The molecular weight excluding hydrogens is 408 g/mol. The molecule has 158 valence electrons. The van der Waals surface area contributed by atoms with Crippen molar-refractivity contribution in [2.24, 2.45) is 0 Å². The van der Waals surface area contributed by atoms with Gasteiger partial charge >= 0.3 is 0 Å². The van der Waals surface area contributed by atoms with Crippen molar-refractivity contribution in [1.82, 2.24) is 10.3 Å². The highest BCUT2D eigenvalue weighted by Crippen LogP contribution is 2.38. The number of fused-ring (bicyclic) bond motifs is 1. The third-order valence-electron chi connectivity index (χ3n) is 5.06. The van der Waals surface area contributed by atoms with Crippen LogP contribution >= 0.6 is 11.8 Å². The second-order valence-corrected chi connectivity index (χ2v) is 8.23. The number of nitrogens with one attached hydrogen (secondary N) is 2. The molecule has 0 fully saturated rings. The summed E-state index contributed by atoms with van der Waals surface area (Å²) in [6.45, 7) is 2.43. The van der Waals surface area contributed by atoms with E-state index in [1.165, 1.54) is 5.56 Å². The van der Waals surface area contributed by atoms with Crippen LogP contribution in [0.5, 0.6) is 11.5 Å². The molecule has 1 amide bonds. The van der Waals surface area contributed by atoms with Gasteiger partial charge in [-0.15, -0.1) is 0 Å². The number of benzene rings is 3. The summed E-state index contributed by atoms with van der Waals surface area (Å²) in [4.78, 5) is 18.4. The van der Waals surface area contributed by atoms with Crippen LogP contribution in [0.25, 0.3) is 10.9 Å². The van der Waals surface area contributed by atoms with Crippen LogP contribution in [-0.4, -0.2) is 25.1 Å². The summed E-state index contributed by atoms with van der Waals surface area (Å²) in [6.07, 6.45) is 0. The number of hydrogen-bond acceptors (Lipinski definition) is 4. The van der Waals surface area contributed by atoms with E-state index in [-0.39, 0.29) is 5.91 Å². The largest absolute Gasteiger partial charge is 0.497 e. The van der Waals surface area contributed by atoms with E-state index >= 15 is 0 Å². The Balaban J connectivity index is 1.67. The van der Waals surface area contributed by atoms with E-state index in [1.54, 1.807) is 26.0 Å². The Bertz CT molecular complexity index is 1220. The zero-order valence-electron chi connectivity index (χ0n) is 17.7. The maximum atomic E-state index is 13.2. The van der Waals surface area contributed by atoms with E-state index in [1.807, 2.05) is 42.5 Å². The van der Waals surface area contributed by atoms with Crippen LogP contribution in [0.4, 0.5) is 0 Å². The number of carbonyl (C=O) groups is 1. The van der Waals surface area contributed by atoms with Crippen molar-refractivity contribution in [2.75, 3.05) is 14.2 Å². The first kappa shape index (κ1) is 20.9. The summed E-state index contributed by atoms with van der Waals surface area (Å²) in [7, 11) is 3.26. The van der Waals surface area contributed by atoms with E-state index in [0.29, 0.717) is 12.2 Å². The Kier molecular flexibility index (Phi) is 6.18. The molecule has 2 N–H and O–H groups in total. The van der Waals surface area contributed by atoms with Gasteiger partial charge in [0, 0.05) is 28.5 Å². The number of rotatable bonds is 7. The first-order valence-corrected chi connectivity index (χ1v) is 10.7. The van der Waals surface area contributed by atoms with Crippen LogP contribution in [0.2, 0.25) is 0 Å². The zero-order chi connectivity index (χ0) is 21.8. The van der Waals surface area contributed by atoms with Crippen molar-refractivity contribution in [2.45, 2.75) is 23.3 Å². The van der Waals surface area contributed by atoms with Gasteiger partial charge in [-0.3, -0.25) is 4.79 Å². The van der Waals surface area contributed by atoms with Gasteiger partial charge in [-0.2, -0.15) is 0 Å². The van der Waals surface area contributed by atoms with Crippen LogP contribution in [-0.2, 0) is 6.54 Å². The number of ether oxygens (including phenoxy) is 2. The molecule has 0 radical (unpaired) electrons. The number of aromatic nitrogens is 1. The van der Waals surface area contributed by atoms with Crippen molar-refractivity contribution >= 4 is 28.6 Å². The number of H-pyrrole nitrogens is 1. The highest BCUT2D eigenvalue weighted by Gasteiger charge is 2.20. The first-order chi connectivity index (χ1) is 15.1. The molecule has 0 saturated carbocycles. The molecule has 0 aliphatic rings. The fourth-order valence-electron chi connectivity index (χ4n) is 3.38. The average molecular weight is 433 g/mol. The molecule has 5 nitrogen and oxygen atoms in total. The lowest BCUT2D eigenvalue weighted by molar-refractivity contribution is 0.0943. The van der Waals surface area contributed by atoms with Gasteiger partial charge in [0.25, 0.3) is 5.91 Å². The summed E-state index contributed by atoms with van der Waals surface area (Å²) in [5.41, 5.74) is 3.51. The lowest BCUT2D eigenvalue weighted by atomic mass is 10.2. The summed E-state index contributed by atoms with van der Waals surface area (Å²) < 4.78 is 10.7. The maximum absolute atomic E-state index is 13.2. The summed E-state index contributed by atoms with van der Waals surface area (Å²) >= 11 is 1.57. The van der Waals surface area contributed by atoms with Crippen molar-refractivity contribution in [1.29, 1.82) is 0 Å². The van der Waals surface area contributed by atoms with Gasteiger partial charge in [-0.1, -0.05) is 47.7 Å². The third-order valence-corrected chi connectivity index (χ3v) is 6.19. The molecule has 0 bridgehead atoms. The van der Waals surface area contributed by atoms with Crippen molar-refractivity contribution in [3.63, 3.8) is 0 Å². The van der Waals surface area contributed by atoms with Crippen LogP contribution in [0.3, 0.4) is 0 Å². The molecule has 6 heteroatoms. The highest BCUT2D eigenvalue weighted by atomic mass is 32.2. The normalized spacial score (nSPS) is 10.8. The number of amides is 1. The van der Waals surface area contributed by atoms with Gasteiger partial charge in [-0.05, 0) is 37.3 Å². The number of carbonyl (C=O) groups excluding carboxylic acids is 1. The van der Waals surface area contributed by atoms with Crippen LogP contribution < -0.4 is 14.8 Å². The molecule has 0 aliphatic heterocycles. The molecule has 4 aromatic rings. The Morgan fingerprint density at radius 2 is 1.77 bits per heavy atom. The molecule has 1 heterocycles. The standard InChI is InChI=1S/C25H24N2O3S/c1-16-8-11-19(12-9-16)31-24-20-13-10-18(29-2)14-21(20)27-23(24)25(28)26-15-17-6-4-5-7-22(17)30-3/h4-14,27H,15H2,1-3H3,(H,26,28). The second-order valence-electron chi connectivity index (χ2n) is 7.15. The minimum Gasteiger partial charge on any atom is -0.497 e. The van der Waals surface area contributed by atoms with E-state index in [4.69, 9.17) is 9.47 Å². The van der Waals surface area contributed by atoms with Gasteiger partial charge in [0.1, 0.15) is 17.2 Å². The summed E-state index contributed by atoms with van der Waals surface area (Å²) in [5.74, 6) is 1.32. The molecular formula is C25H24N2O3S. The number of para-hydroxylation sites is 1. The quantitative estimate of drug-likeness (QED) is 0.400. The monoisotopic (exact) mass is 432 g/mol. The lowest BCUT2D eigenvalue weighted by Crippen LogP contribution is -2.24. The van der Waals surface area contributed by atoms with Crippen molar-refractivity contribution in [3.05, 3.63) is 83.6 Å². The number of aryl methyl sites for hydroxylation is 1. The zero-order valence-corrected chi connectivity index (χ0v) is 18.5. The minimum atomic E-state index is -0.171. The fourth-order valence-corrected chi connectivity index (χ4v) is 4.42. The number of methoxy groups -OCH3 is 2. The van der Waals surface area contributed by atoms with Gasteiger partial charge in [0.2, 0.25) is 0 Å². The summed E-state index contributed by atoms with van der Waals surface area (Å²) in [6, 6.07) is 21.7. The molecule has 0 unspecified atom stereocenters. The summed E-state index contributed by atoms with van der Waals surface area (Å²) in [5, 5.41) is 4.00. The minimum absolute atomic E-state index is 0.171. The van der Waals surface area contributed by atoms with E-state index < -0.39 is 0 Å². The highest BCUT2D eigenvalue weighted by molar-refractivity contribution is 7.99. The maximum Gasteiger partial charge on any atom is 0.269 e. The molecule has 3 aromatic carbocycles. The van der Waals surface area contributed by atoms with Gasteiger partial charge in [-0.25, -0.2) is 0 Å². The van der Waals surface area contributed by atoms with Crippen LogP contribution in [0.15, 0.2) is 76.5 Å². The Hall–Kier alpha value is -3.38.